The molecule has 0 fully saturated rings. The summed E-state index contributed by atoms with van der Waals surface area (Å²) >= 11 is 0. The lowest BCUT2D eigenvalue weighted by molar-refractivity contribution is -0.120. The monoisotopic (exact) mass is 300 g/mol. The molecule has 0 aliphatic carbocycles. The molecule has 0 unspecified atom stereocenters. The number of hydrogen-bond donors (Lipinski definition) is 0. The van der Waals surface area contributed by atoms with Gasteiger partial charge in [-0.3, -0.25) is 4.79 Å². The van der Waals surface area contributed by atoms with Gasteiger partial charge < -0.3 is 14.2 Å². The average Bonchev–Trinajstić information content (AvgIpc) is 2.62. The summed E-state index contributed by atoms with van der Waals surface area (Å²) in [5.74, 6) is -0.160. The van der Waals surface area contributed by atoms with Crippen LogP contribution in [0.1, 0.15) is 6.42 Å². The first kappa shape index (κ1) is 14.8. The summed E-state index contributed by atoms with van der Waals surface area (Å²) in [6.45, 7) is 0.786. The van der Waals surface area contributed by atoms with E-state index in [4.69, 9.17) is 9.47 Å². The Hall–Kier alpha value is -1.60. The molecule has 0 atom stereocenters. The lowest BCUT2D eigenvalue weighted by Crippen LogP contribution is -2.20. The number of ketones is 1. The molecule has 0 bridgehead atoms. The summed E-state index contributed by atoms with van der Waals surface area (Å²) in [5.41, 5.74) is 0. The van der Waals surface area contributed by atoms with Gasteiger partial charge in [0.1, 0.15) is 12.4 Å². The van der Waals surface area contributed by atoms with E-state index in [0.29, 0.717) is 24.7 Å². The summed E-state index contributed by atoms with van der Waals surface area (Å²) in [7, 11) is -2.35. The number of methoxy groups -OCH3 is 1. The highest BCUT2D eigenvalue weighted by Gasteiger charge is 2.22. The molecular weight excluding hydrogens is 284 g/mol. The molecule has 1 aromatic carbocycles. The standard InChI is InChI=1S/C13H16O6S/c1-17-8-10(14)9-20(15,16)11-3-4-12-13(7-11)19-6-2-5-18-12/h3-4,7H,2,5-6,8-9H2,1H3. The van der Waals surface area contributed by atoms with E-state index in [-0.39, 0.29) is 11.5 Å². The van der Waals surface area contributed by atoms with Gasteiger partial charge in [-0.05, 0) is 12.1 Å². The topological polar surface area (TPSA) is 78.9 Å². The van der Waals surface area contributed by atoms with Crippen LogP contribution in [-0.2, 0) is 19.4 Å². The lowest BCUT2D eigenvalue weighted by Gasteiger charge is -2.09. The Bertz CT molecular complexity index is 593. The first-order valence-corrected chi connectivity index (χ1v) is 7.81. The van der Waals surface area contributed by atoms with Crippen molar-refractivity contribution < 1.29 is 27.4 Å². The van der Waals surface area contributed by atoms with Crippen molar-refractivity contribution in [1.29, 1.82) is 0 Å². The molecule has 0 saturated carbocycles. The van der Waals surface area contributed by atoms with Crippen LogP contribution < -0.4 is 9.47 Å². The number of rotatable bonds is 5. The highest BCUT2D eigenvalue weighted by Crippen LogP contribution is 2.32. The minimum Gasteiger partial charge on any atom is -0.490 e. The van der Waals surface area contributed by atoms with E-state index in [0.717, 1.165) is 6.42 Å². The molecule has 2 rings (SSSR count). The van der Waals surface area contributed by atoms with Crippen molar-refractivity contribution in [3.05, 3.63) is 18.2 Å². The van der Waals surface area contributed by atoms with Crippen LogP contribution in [0.4, 0.5) is 0 Å². The van der Waals surface area contributed by atoms with Crippen LogP contribution in [0.5, 0.6) is 11.5 Å². The maximum atomic E-state index is 12.1. The molecule has 6 nitrogen and oxygen atoms in total. The van der Waals surface area contributed by atoms with Crippen molar-refractivity contribution >= 4 is 15.6 Å². The van der Waals surface area contributed by atoms with Crippen molar-refractivity contribution in [3.63, 3.8) is 0 Å². The van der Waals surface area contributed by atoms with Crippen molar-refractivity contribution in [3.8, 4) is 11.5 Å². The van der Waals surface area contributed by atoms with Gasteiger partial charge in [0.15, 0.2) is 27.1 Å². The Morgan fingerprint density at radius 1 is 1.25 bits per heavy atom. The Morgan fingerprint density at radius 2 is 1.95 bits per heavy atom. The van der Waals surface area contributed by atoms with Crippen LogP contribution in [0.25, 0.3) is 0 Å². The minimum atomic E-state index is -3.69. The molecule has 110 valence electrons. The van der Waals surface area contributed by atoms with Crippen LogP contribution in [0.15, 0.2) is 23.1 Å². The minimum absolute atomic E-state index is 0.0474. The van der Waals surface area contributed by atoms with Gasteiger partial charge in [0.05, 0.1) is 18.1 Å². The Balaban J connectivity index is 2.24. The van der Waals surface area contributed by atoms with Gasteiger partial charge in [-0.2, -0.15) is 0 Å². The smallest absolute Gasteiger partial charge is 0.185 e. The fraction of sp³-hybridized carbons (Fsp3) is 0.462. The fourth-order valence-corrected chi connectivity index (χ4v) is 3.07. The van der Waals surface area contributed by atoms with Gasteiger partial charge in [0.25, 0.3) is 0 Å². The summed E-state index contributed by atoms with van der Waals surface area (Å²) in [5, 5.41) is 0. The second kappa shape index (κ2) is 6.23. The highest BCUT2D eigenvalue weighted by atomic mass is 32.2. The Labute approximate surface area is 117 Å². The maximum absolute atomic E-state index is 12.1. The van der Waals surface area contributed by atoms with Gasteiger partial charge in [-0.25, -0.2) is 8.42 Å². The predicted molar refractivity (Wildman–Crippen MR) is 71.0 cm³/mol. The van der Waals surface area contributed by atoms with Crippen molar-refractivity contribution in [1.82, 2.24) is 0 Å². The zero-order valence-corrected chi connectivity index (χ0v) is 11.9. The number of carbonyl (C=O) groups is 1. The van der Waals surface area contributed by atoms with E-state index in [2.05, 4.69) is 4.74 Å². The normalized spacial score (nSPS) is 14.7. The zero-order chi connectivity index (χ0) is 14.6. The van der Waals surface area contributed by atoms with E-state index in [1.807, 2.05) is 0 Å². The summed E-state index contributed by atoms with van der Waals surface area (Å²) in [4.78, 5) is 11.5. The first-order valence-electron chi connectivity index (χ1n) is 6.16. The molecular formula is C13H16O6S. The number of ether oxygens (including phenoxy) is 3. The van der Waals surface area contributed by atoms with Crippen molar-refractivity contribution in [2.75, 3.05) is 32.7 Å². The molecule has 1 aliphatic rings. The SMILES string of the molecule is COCC(=O)CS(=O)(=O)c1ccc2c(c1)OCCCO2. The average molecular weight is 300 g/mol. The molecule has 1 aliphatic heterocycles. The number of hydrogen-bond acceptors (Lipinski definition) is 6. The first-order chi connectivity index (χ1) is 9.53. The van der Waals surface area contributed by atoms with Gasteiger partial charge >= 0.3 is 0 Å². The van der Waals surface area contributed by atoms with Crippen LogP contribution in [-0.4, -0.2) is 46.9 Å². The molecule has 0 radical (unpaired) electrons. The van der Waals surface area contributed by atoms with E-state index < -0.39 is 21.4 Å². The Morgan fingerprint density at radius 3 is 2.65 bits per heavy atom. The maximum Gasteiger partial charge on any atom is 0.185 e. The summed E-state index contributed by atoms with van der Waals surface area (Å²) < 4.78 is 39.7. The van der Waals surface area contributed by atoms with E-state index >= 15 is 0 Å². The third-order valence-electron chi connectivity index (χ3n) is 2.73. The number of carbonyl (C=O) groups excluding carboxylic acids is 1. The van der Waals surface area contributed by atoms with Crippen LogP contribution >= 0.6 is 0 Å². The third-order valence-corrected chi connectivity index (χ3v) is 4.41. The number of sulfone groups is 1. The van der Waals surface area contributed by atoms with Gasteiger partial charge in [-0.1, -0.05) is 0 Å². The molecule has 20 heavy (non-hydrogen) atoms. The van der Waals surface area contributed by atoms with Crippen molar-refractivity contribution in [2.24, 2.45) is 0 Å². The van der Waals surface area contributed by atoms with Crippen LogP contribution in [0.3, 0.4) is 0 Å². The molecule has 7 heteroatoms. The quantitative estimate of drug-likeness (QED) is 0.801. The van der Waals surface area contributed by atoms with Gasteiger partial charge in [0.2, 0.25) is 0 Å². The number of fused-ring (bicyclic) bond motifs is 1. The van der Waals surface area contributed by atoms with Gasteiger partial charge in [-0.15, -0.1) is 0 Å². The zero-order valence-electron chi connectivity index (χ0n) is 11.1. The second-order valence-electron chi connectivity index (χ2n) is 4.39. The lowest BCUT2D eigenvalue weighted by atomic mass is 10.3. The molecule has 0 amide bonds. The predicted octanol–water partition coefficient (Wildman–Crippen LogP) is 0.837. The highest BCUT2D eigenvalue weighted by molar-refractivity contribution is 7.92. The second-order valence-corrected chi connectivity index (χ2v) is 6.38. The molecule has 1 aromatic rings. The van der Waals surface area contributed by atoms with E-state index in [1.165, 1.54) is 19.2 Å². The van der Waals surface area contributed by atoms with Crippen LogP contribution in [0.2, 0.25) is 0 Å². The molecule has 0 N–H and O–H groups in total. The van der Waals surface area contributed by atoms with Gasteiger partial charge in [0, 0.05) is 19.6 Å². The number of Topliss-reactive ketones (excluding diaryl/α,β-unsaturated/α-hetero) is 1. The fourth-order valence-electron chi connectivity index (χ4n) is 1.83. The van der Waals surface area contributed by atoms with Crippen molar-refractivity contribution in [2.45, 2.75) is 11.3 Å². The molecule has 0 saturated heterocycles. The van der Waals surface area contributed by atoms with Crippen LogP contribution in [0, 0.1) is 0 Å². The van der Waals surface area contributed by atoms with E-state index in [1.54, 1.807) is 6.07 Å². The largest absolute Gasteiger partial charge is 0.490 e. The summed E-state index contributed by atoms with van der Waals surface area (Å²) in [6, 6.07) is 4.37. The molecule has 0 aromatic heterocycles. The molecule has 1 heterocycles. The van der Waals surface area contributed by atoms with E-state index in [9.17, 15) is 13.2 Å². The third kappa shape index (κ3) is 3.49. The summed E-state index contributed by atoms with van der Waals surface area (Å²) in [6.07, 6.45) is 0.739. The number of benzene rings is 1. The Kier molecular flexibility index (Phi) is 4.61. The molecule has 0 spiro atoms.